The molecule has 1 aromatic rings. The van der Waals surface area contributed by atoms with Crippen LogP contribution in [0.5, 0.6) is 0 Å². The van der Waals surface area contributed by atoms with Crippen molar-refractivity contribution in [1.29, 1.82) is 0 Å². The number of sulfonamides is 1. The topological polar surface area (TPSA) is 101 Å². The fourth-order valence-corrected chi connectivity index (χ4v) is 3.13. The van der Waals surface area contributed by atoms with Gasteiger partial charge < -0.3 is 5.11 Å². The number of benzene rings is 1. The zero-order valence-electron chi connectivity index (χ0n) is 10.6. The number of nitrogens with one attached hydrogen (secondary N) is 1. The van der Waals surface area contributed by atoms with E-state index in [4.69, 9.17) is 5.11 Å². The van der Waals surface area contributed by atoms with Crippen molar-refractivity contribution in [2.75, 3.05) is 18.6 Å². The van der Waals surface area contributed by atoms with E-state index in [0.717, 1.165) is 18.2 Å². The molecule has 20 heavy (non-hydrogen) atoms. The van der Waals surface area contributed by atoms with Crippen LogP contribution in [0, 0.1) is 5.82 Å². The molecule has 1 unspecified atom stereocenters. The fourth-order valence-electron chi connectivity index (χ4n) is 1.40. The Morgan fingerprint density at radius 2 is 2.10 bits per heavy atom. The van der Waals surface area contributed by atoms with Crippen LogP contribution in [0.15, 0.2) is 23.1 Å². The lowest BCUT2D eigenvalue weighted by Gasteiger charge is -2.08. The van der Waals surface area contributed by atoms with E-state index in [9.17, 15) is 21.8 Å². The van der Waals surface area contributed by atoms with Crippen LogP contribution in [-0.2, 0) is 20.8 Å². The van der Waals surface area contributed by atoms with Gasteiger partial charge in [-0.3, -0.25) is 4.21 Å². The molecule has 1 rings (SSSR count). The minimum absolute atomic E-state index is 0.00134. The molecule has 0 radical (unpaired) electrons. The number of hydrogen-bond acceptors (Lipinski definition) is 4. The molecule has 0 aliphatic heterocycles. The Labute approximate surface area is 118 Å². The van der Waals surface area contributed by atoms with Crippen molar-refractivity contribution in [2.24, 2.45) is 0 Å². The highest BCUT2D eigenvalue weighted by Crippen LogP contribution is 2.16. The van der Waals surface area contributed by atoms with Crippen molar-refractivity contribution in [3.8, 4) is 0 Å². The van der Waals surface area contributed by atoms with Gasteiger partial charge >= 0.3 is 5.97 Å². The summed E-state index contributed by atoms with van der Waals surface area (Å²) in [5, 5.41) is 8.77. The fraction of sp³-hybridized carbons (Fsp3) is 0.364. The van der Waals surface area contributed by atoms with Crippen molar-refractivity contribution in [2.45, 2.75) is 11.3 Å². The average Bonchev–Trinajstić information content (AvgIpc) is 2.34. The van der Waals surface area contributed by atoms with Crippen LogP contribution in [0.1, 0.15) is 16.8 Å². The Hall–Kier alpha value is -1.32. The highest BCUT2D eigenvalue weighted by atomic mass is 32.2. The quantitative estimate of drug-likeness (QED) is 0.715. The molecule has 0 spiro atoms. The summed E-state index contributed by atoms with van der Waals surface area (Å²) in [6.45, 7) is -0.00134. The zero-order valence-corrected chi connectivity index (χ0v) is 12.3. The second-order valence-corrected chi connectivity index (χ2v) is 7.27. The van der Waals surface area contributed by atoms with Gasteiger partial charge in [-0.25, -0.2) is 22.3 Å². The lowest BCUT2D eigenvalue weighted by Crippen LogP contribution is -2.26. The van der Waals surface area contributed by atoms with Crippen LogP contribution in [0.25, 0.3) is 0 Å². The maximum absolute atomic E-state index is 13.5. The molecule has 6 nitrogen and oxygen atoms in total. The molecule has 0 saturated heterocycles. The maximum Gasteiger partial charge on any atom is 0.335 e. The van der Waals surface area contributed by atoms with Gasteiger partial charge in [-0.05, 0) is 24.6 Å². The predicted octanol–water partition coefficient (Wildman–Crippen LogP) is 0.571. The highest BCUT2D eigenvalue weighted by molar-refractivity contribution is 7.89. The Morgan fingerprint density at radius 3 is 2.65 bits per heavy atom. The van der Waals surface area contributed by atoms with Gasteiger partial charge in [0.15, 0.2) is 0 Å². The number of halogens is 1. The molecular weight excluding hydrogens is 309 g/mol. The first kappa shape index (κ1) is 16.7. The standard InChI is InChI=1S/C11H14FNO5S2/c1-19(16)6-2-5-13-20(17,18)10-7-8(11(14)15)3-4-9(10)12/h3-4,7,13H,2,5-6H2,1H3,(H,14,15). The van der Waals surface area contributed by atoms with Crippen LogP contribution in [-0.4, -0.2) is 42.3 Å². The second kappa shape index (κ2) is 6.91. The van der Waals surface area contributed by atoms with Crippen molar-refractivity contribution >= 4 is 26.8 Å². The third kappa shape index (κ3) is 4.66. The number of rotatable bonds is 7. The SMILES string of the molecule is CS(=O)CCCNS(=O)(=O)c1cc(C(=O)O)ccc1F. The van der Waals surface area contributed by atoms with E-state index in [1.165, 1.54) is 6.26 Å². The largest absolute Gasteiger partial charge is 0.478 e. The number of aromatic carboxylic acids is 1. The molecule has 0 saturated carbocycles. The molecule has 0 bridgehead atoms. The molecule has 2 N–H and O–H groups in total. The van der Waals surface area contributed by atoms with Crippen LogP contribution < -0.4 is 4.72 Å². The van der Waals surface area contributed by atoms with E-state index >= 15 is 0 Å². The Bertz CT molecular complexity index is 630. The molecule has 1 aromatic carbocycles. The van der Waals surface area contributed by atoms with Gasteiger partial charge in [0.05, 0.1) is 5.56 Å². The molecule has 0 fully saturated rings. The summed E-state index contributed by atoms with van der Waals surface area (Å²) in [5.74, 6) is -2.05. The Kier molecular flexibility index (Phi) is 5.78. The van der Waals surface area contributed by atoms with Gasteiger partial charge in [0.2, 0.25) is 10.0 Å². The minimum Gasteiger partial charge on any atom is -0.478 e. The lowest BCUT2D eigenvalue weighted by molar-refractivity contribution is 0.0696. The van der Waals surface area contributed by atoms with Crippen LogP contribution in [0.3, 0.4) is 0 Å². The summed E-state index contributed by atoms with van der Waals surface area (Å²) in [6.07, 6.45) is 1.83. The molecule has 112 valence electrons. The van der Waals surface area contributed by atoms with E-state index in [0.29, 0.717) is 12.2 Å². The maximum atomic E-state index is 13.5. The van der Waals surface area contributed by atoms with Crippen molar-refractivity contribution in [3.63, 3.8) is 0 Å². The summed E-state index contributed by atoms with van der Waals surface area (Å²) in [7, 11) is -5.17. The van der Waals surface area contributed by atoms with Crippen LogP contribution >= 0.6 is 0 Å². The molecule has 9 heteroatoms. The normalized spacial score (nSPS) is 13.1. The van der Waals surface area contributed by atoms with Crippen LogP contribution in [0.4, 0.5) is 4.39 Å². The number of hydrogen-bond donors (Lipinski definition) is 2. The Morgan fingerprint density at radius 1 is 1.45 bits per heavy atom. The van der Waals surface area contributed by atoms with Gasteiger partial charge in [-0.1, -0.05) is 0 Å². The molecule has 0 aliphatic rings. The smallest absolute Gasteiger partial charge is 0.335 e. The predicted molar refractivity (Wildman–Crippen MR) is 72.1 cm³/mol. The van der Waals surface area contributed by atoms with Gasteiger partial charge in [0.25, 0.3) is 0 Å². The van der Waals surface area contributed by atoms with Gasteiger partial charge in [0.1, 0.15) is 10.7 Å². The number of carboxylic acid groups (broad SMARTS) is 1. The van der Waals surface area contributed by atoms with E-state index in [-0.39, 0.29) is 12.1 Å². The first-order chi connectivity index (χ1) is 9.24. The summed E-state index contributed by atoms with van der Waals surface area (Å²) in [4.78, 5) is 10.0. The molecule has 0 aliphatic carbocycles. The molecule has 0 aromatic heterocycles. The summed E-state index contributed by atoms with van der Waals surface area (Å²) in [5.41, 5.74) is -0.318. The van der Waals surface area contributed by atoms with Gasteiger partial charge in [-0.15, -0.1) is 0 Å². The first-order valence-electron chi connectivity index (χ1n) is 5.56. The molecule has 0 amide bonds. The number of carbonyl (C=O) groups is 1. The van der Waals surface area contributed by atoms with Gasteiger partial charge in [0, 0.05) is 29.4 Å². The third-order valence-electron chi connectivity index (χ3n) is 2.37. The molecule has 1 atom stereocenters. The van der Waals surface area contributed by atoms with Gasteiger partial charge in [-0.2, -0.15) is 0 Å². The Balaban J connectivity index is 2.89. The monoisotopic (exact) mass is 323 g/mol. The van der Waals surface area contributed by atoms with E-state index in [2.05, 4.69) is 4.72 Å². The second-order valence-electron chi connectivity index (χ2n) is 3.98. The molecule has 0 heterocycles. The lowest BCUT2D eigenvalue weighted by atomic mass is 10.2. The summed E-state index contributed by atoms with van der Waals surface area (Å²) in [6, 6.07) is 2.54. The van der Waals surface area contributed by atoms with Crippen molar-refractivity contribution < 1.29 is 26.9 Å². The summed E-state index contributed by atoms with van der Waals surface area (Å²) < 4.78 is 50.2. The molecular formula is C11H14FNO5S2. The van der Waals surface area contributed by atoms with E-state index in [1.807, 2.05) is 0 Å². The first-order valence-corrected chi connectivity index (χ1v) is 8.77. The van der Waals surface area contributed by atoms with Crippen molar-refractivity contribution in [3.05, 3.63) is 29.6 Å². The average molecular weight is 323 g/mol. The van der Waals surface area contributed by atoms with E-state index in [1.54, 1.807) is 0 Å². The number of carboxylic acids is 1. The minimum atomic E-state index is -4.13. The zero-order chi connectivity index (χ0) is 15.3. The van der Waals surface area contributed by atoms with E-state index < -0.39 is 37.5 Å². The van der Waals surface area contributed by atoms with Crippen molar-refractivity contribution in [1.82, 2.24) is 4.72 Å². The third-order valence-corrected chi connectivity index (χ3v) is 4.71. The summed E-state index contributed by atoms with van der Waals surface area (Å²) >= 11 is 0. The van der Waals surface area contributed by atoms with Crippen LogP contribution in [0.2, 0.25) is 0 Å². The highest BCUT2D eigenvalue weighted by Gasteiger charge is 2.20.